The van der Waals surface area contributed by atoms with Gasteiger partial charge in [0.15, 0.2) is 0 Å². The van der Waals surface area contributed by atoms with Crippen molar-refractivity contribution < 1.29 is 4.42 Å². The molecule has 1 unspecified atom stereocenters. The Morgan fingerprint density at radius 3 is 2.89 bits per heavy atom. The average Bonchev–Trinajstić information content (AvgIpc) is 2.85. The van der Waals surface area contributed by atoms with Crippen LogP contribution in [0.3, 0.4) is 0 Å². The second-order valence-electron chi connectivity index (χ2n) is 4.76. The van der Waals surface area contributed by atoms with Gasteiger partial charge in [0.1, 0.15) is 5.58 Å². The highest BCUT2D eigenvalue weighted by Crippen LogP contribution is 2.27. The van der Waals surface area contributed by atoms with E-state index in [1.54, 1.807) is 6.26 Å². The lowest BCUT2D eigenvalue weighted by molar-refractivity contribution is 0.597. The third kappa shape index (κ3) is 2.25. The van der Waals surface area contributed by atoms with Crippen LogP contribution < -0.4 is 5.73 Å². The summed E-state index contributed by atoms with van der Waals surface area (Å²) in [5.74, 6) is 0. The maximum atomic E-state index is 6.31. The third-order valence-electron chi connectivity index (χ3n) is 3.44. The normalized spacial score (nSPS) is 12.7. The summed E-state index contributed by atoms with van der Waals surface area (Å²) in [5, 5.41) is 1.09. The SMILES string of the molecule is Cc1cccnc1CC(N)c1coc2ccccc12. The molecule has 3 nitrogen and oxygen atoms in total. The molecule has 0 saturated carbocycles. The minimum absolute atomic E-state index is 0.0998. The molecule has 0 spiro atoms. The molecule has 1 atom stereocenters. The van der Waals surface area contributed by atoms with Crippen molar-refractivity contribution in [2.24, 2.45) is 5.73 Å². The van der Waals surface area contributed by atoms with Gasteiger partial charge in [-0.3, -0.25) is 4.98 Å². The smallest absolute Gasteiger partial charge is 0.134 e. The van der Waals surface area contributed by atoms with Crippen LogP contribution in [0.4, 0.5) is 0 Å². The highest BCUT2D eigenvalue weighted by molar-refractivity contribution is 5.81. The number of rotatable bonds is 3. The van der Waals surface area contributed by atoms with Crippen LogP contribution in [0.15, 0.2) is 53.3 Å². The van der Waals surface area contributed by atoms with Gasteiger partial charge in [-0.25, -0.2) is 0 Å². The number of pyridine rings is 1. The Kier molecular flexibility index (Phi) is 3.05. The number of furan rings is 1. The summed E-state index contributed by atoms with van der Waals surface area (Å²) >= 11 is 0. The molecule has 0 aliphatic heterocycles. The van der Waals surface area contributed by atoms with Gasteiger partial charge in [0.05, 0.1) is 6.26 Å². The second-order valence-corrected chi connectivity index (χ2v) is 4.76. The fourth-order valence-corrected chi connectivity index (χ4v) is 2.34. The van der Waals surface area contributed by atoms with Crippen LogP contribution in [0, 0.1) is 6.92 Å². The molecule has 19 heavy (non-hydrogen) atoms. The summed E-state index contributed by atoms with van der Waals surface area (Å²) in [7, 11) is 0. The summed E-state index contributed by atoms with van der Waals surface area (Å²) in [6, 6.07) is 11.9. The quantitative estimate of drug-likeness (QED) is 0.777. The Balaban J connectivity index is 1.92. The summed E-state index contributed by atoms with van der Waals surface area (Å²) in [6.07, 6.45) is 4.28. The Morgan fingerprint density at radius 1 is 1.21 bits per heavy atom. The van der Waals surface area contributed by atoms with Crippen LogP contribution in [-0.2, 0) is 6.42 Å². The predicted octanol–water partition coefficient (Wildman–Crippen LogP) is 3.38. The maximum Gasteiger partial charge on any atom is 0.134 e. The molecule has 0 fully saturated rings. The number of para-hydroxylation sites is 1. The molecule has 0 bridgehead atoms. The lowest BCUT2D eigenvalue weighted by Gasteiger charge is -2.11. The van der Waals surface area contributed by atoms with Gasteiger partial charge < -0.3 is 10.2 Å². The van der Waals surface area contributed by atoms with Crippen molar-refractivity contribution in [1.29, 1.82) is 0 Å². The Bertz CT molecular complexity index is 703. The first-order valence-corrected chi connectivity index (χ1v) is 6.38. The number of aromatic nitrogens is 1. The van der Waals surface area contributed by atoms with Crippen LogP contribution in [0.2, 0.25) is 0 Å². The van der Waals surface area contributed by atoms with Crippen molar-refractivity contribution in [1.82, 2.24) is 4.98 Å². The fraction of sp³-hybridized carbons (Fsp3) is 0.188. The van der Waals surface area contributed by atoms with E-state index >= 15 is 0 Å². The molecule has 3 aromatic rings. The standard InChI is InChI=1S/C16H16N2O/c1-11-5-4-8-18-15(11)9-14(17)13-10-19-16-7-3-2-6-12(13)16/h2-8,10,14H,9,17H2,1H3. The molecule has 3 heteroatoms. The molecule has 3 rings (SSSR count). The van der Waals surface area contributed by atoms with Gasteiger partial charge >= 0.3 is 0 Å². The van der Waals surface area contributed by atoms with Crippen molar-refractivity contribution in [2.75, 3.05) is 0 Å². The number of benzene rings is 1. The number of fused-ring (bicyclic) bond motifs is 1. The fourth-order valence-electron chi connectivity index (χ4n) is 2.34. The van der Waals surface area contributed by atoms with E-state index in [-0.39, 0.29) is 6.04 Å². The van der Waals surface area contributed by atoms with Crippen LogP contribution in [0.25, 0.3) is 11.0 Å². The second kappa shape index (κ2) is 4.86. The molecule has 0 radical (unpaired) electrons. The number of hydrogen-bond acceptors (Lipinski definition) is 3. The summed E-state index contributed by atoms with van der Waals surface area (Å²) < 4.78 is 5.54. The zero-order valence-electron chi connectivity index (χ0n) is 10.8. The van der Waals surface area contributed by atoms with Crippen LogP contribution in [0.1, 0.15) is 22.9 Å². The Labute approximate surface area is 112 Å². The molecule has 2 heterocycles. The van der Waals surface area contributed by atoms with E-state index in [4.69, 9.17) is 10.2 Å². The first kappa shape index (κ1) is 11.9. The summed E-state index contributed by atoms with van der Waals surface area (Å²) in [5.41, 5.74) is 10.4. The molecule has 0 aliphatic carbocycles. The minimum Gasteiger partial charge on any atom is -0.464 e. The van der Waals surface area contributed by atoms with Crippen molar-refractivity contribution >= 4 is 11.0 Å². The van der Waals surface area contributed by atoms with E-state index in [0.717, 1.165) is 28.6 Å². The highest BCUT2D eigenvalue weighted by atomic mass is 16.3. The molecule has 1 aromatic carbocycles. The van der Waals surface area contributed by atoms with Crippen molar-refractivity contribution in [3.05, 3.63) is 65.7 Å². The number of nitrogens with zero attached hydrogens (tertiary/aromatic N) is 1. The third-order valence-corrected chi connectivity index (χ3v) is 3.44. The lowest BCUT2D eigenvalue weighted by Crippen LogP contribution is -2.14. The number of hydrogen-bond donors (Lipinski definition) is 1. The highest BCUT2D eigenvalue weighted by Gasteiger charge is 2.14. The Morgan fingerprint density at radius 2 is 2.05 bits per heavy atom. The summed E-state index contributed by atoms with van der Waals surface area (Å²) in [4.78, 5) is 4.40. The van der Waals surface area contributed by atoms with Crippen molar-refractivity contribution in [2.45, 2.75) is 19.4 Å². The van der Waals surface area contributed by atoms with Gasteiger partial charge in [0.25, 0.3) is 0 Å². The number of aryl methyl sites for hydroxylation is 1. The Hall–Kier alpha value is -2.13. The van der Waals surface area contributed by atoms with Crippen molar-refractivity contribution in [3.63, 3.8) is 0 Å². The molecule has 96 valence electrons. The molecular formula is C16H16N2O. The van der Waals surface area contributed by atoms with E-state index in [0.29, 0.717) is 0 Å². The molecule has 0 amide bonds. The molecule has 2 aromatic heterocycles. The molecule has 0 aliphatic rings. The monoisotopic (exact) mass is 252 g/mol. The largest absolute Gasteiger partial charge is 0.464 e. The maximum absolute atomic E-state index is 6.31. The average molecular weight is 252 g/mol. The minimum atomic E-state index is -0.0998. The van der Waals surface area contributed by atoms with E-state index in [1.165, 1.54) is 5.56 Å². The molecule has 2 N–H and O–H groups in total. The van der Waals surface area contributed by atoms with Crippen molar-refractivity contribution in [3.8, 4) is 0 Å². The number of nitrogens with two attached hydrogens (primary N) is 1. The topological polar surface area (TPSA) is 52.0 Å². The van der Waals surface area contributed by atoms with Crippen LogP contribution >= 0.6 is 0 Å². The van der Waals surface area contributed by atoms with E-state index in [9.17, 15) is 0 Å². The summed E-state index contributed by atoms with van der Waals surface area (Å²) in [6.45, 7) is 2.06. The van der Waals surface area contributed by atoms with Gasteiger partial charge in [-0.15, -0.1) is 0 Å². The van der Waals surface area contributed by atoms with E-state index < -0.39 is 0 Å². The first-order valence-electron chi connectivity index (χ1n) is 6.38. The molecule has 0 saturated heterocycles. The van der Waals surface area contributed by atoms with Gasteiger partial charge in [0.2, 0.25) is 0 Å². The van der Waals surface area contributed by atoms with Gasteiger partial charge in [-0.2, -0.15) is 0 Å². The lowest BCUT2D eigenvalue weighted by atomic mass is 10.00. The van der Waals surface area contributed by atoms with Crippen LogP contribution in [-0.4, -0.2) is 4.98 Å². The van der Waals surface area contributed by atoms with Gasteiger partial charge in [-0.1, -0.05) is 24.3 Å². The zero-order valence-corrected chi connectivity index (χ0v) is 10.8. The van der Waals surface area contributed by atoms with Crippen LogP contribution in [0.5, 0.6) is 0 Å². The van der Waals surface area contributed by atoms with E-state index in [2.05, 4.69) is 18.0 Å². The first-order chi connectivity index (χ1) is 9.25. The predicted molar refractivity (Wildman–Crippen MR) is 75.8 cm³/mol. The van der Waals surface area contributed by atoms with E-state index in [1.807, 2.05) is 36.5 Å². The van der Waals surface area contributed by atoms with Gasteiger partial charge in [0, 0.05) is 35.3 Å². The zero-order chi connectivity index (χ0) is 13.2. The van der Waals surface area contributed by atoms with Gasteiger partial charge in [-0.05, 0) is 24.6 Å². The molecular weight excluding hydrogens is 236 g/mol.